The molecule has 0 amide bonds. The van der Waals surface area contributed by atoms with Gasteiger partial charge in [0.05, 0.1) is 16.6 Å². The minimum Gasteiger partial charge on any atom is -0.311 e. The van der Waals surface area contributed by atoms with Crippen LogP contribution >= 0.6 is 0 Å². The zero-order chi connectivity index (χ0) is 37.9. The molecule has 11 aromatic rings. The fraction of sp³-hybridized carbons (Fsp3) is 0. The molecule has 0 spiro atoms. The van der Waals surface area contributed by atoms with E-state index in [1.165, 1.54) is 105 Å². The van der Waals surface area contributed by atoms with E-state index in [2.05, 4.69) is 220 Å². The maximum Gasteiger partial charge on any atom is 0.252 e. The number of anilines is 3. The van der Waals surface area contributed by atoms with E-state index in [-0.39, 0.29) is 6.71 Å². The topological polar surface area (TPSA) is 13.1 Å². The van der Waals surface area contributed by atoms with E-state index in [9.17, 15) is 0 Å². The number of rotatable bonds is 4. The Morgan fingerprint density at radius 3 is 1.66 bits per heavy atom. The Bertz CT molecular complexity index is 3400. The lowest BCUT2D eigenvalue weighted by Crippen LogP contribution is -2.60. The number of aromatic nitrogens is 2. The molecule has 58 heavy (non-hydrogen) atoms. The average Bonchev–Trinajstić information content (AvgIpc) is 3.80. The number of hydrogen-bond donors (Lipinski definition) is 0. The highest BCUT2D eigenvalue weighted by Gasteiger charge is 2.41. The van der Waals surface area contributed by atoms with Gasteiger partial charge < -0.3 is 14.0 Å². The van der Waals surface area contributed by atoms with Crippen LogP contribution in [0.2, 0.25) is 0 Å². The fourth-order valence-electron chi connectivity index (χ4n) is 10.3. The second-order valence-electron chi connectivity index (χ2n) is 15.7. The van der Waals surface area contributed by atoms with E-state index in [4.69, 9.17) is 0 Å². The number of para-hydroxylation sites is 4. The minimum atomic E-state index is 0.115. The third-order valence-corrected chi connectivity index (χ3v) is 12.6. The molecule has 0 saturated heterocycles. The van der Waals surface area contributed by atoms with Crippen molar-refractivity contribution in [1.82, 2.24) is 9.13 Å². The smallest absolute Gasteiger partial charge is 0.252 e. The highest BCUT2D eigenvalue weighted by molar-refractivity contribution is 7.00. The quantitative estimate of drug-likeness (QED) is 0.164. The van der Waals surface area contributed by atoms with Crippen molar-refractivity contribution in [2.75, 3.05) is 4.90 Å². The van der Waals surface area contributed by atoms with E-state index in [1.807, 2.05) is 0 Å². The second kappa shape index (κ2) is 12.0. The van der Waals surface area contributed by atoms with Gasteiger partial charge in [-0.1, -0.05) is 140 Å². The molecular formula is C54H34BN3. The molecule has 2 aliphatic rings. The van der Waals surface area contributed by atoms with Gasteiger partial charge >= 0.3 is 0 Å². The van der Waals surface area contributed by atoms with E-state index < -0.39 is 0 Å². The van der Waals surface area contributed by atoms with Crippen LogP contribution in [-0.2, 0) is 0 Å². The Labute approximate surface area is 336 Å². The molecule has 0 aliphatic carbocycles. The largest absolute Gasteiger partial charge is 0.311 e. The Hall–Kier alpha value is -7.56. The third-order valence-electron chi connectivity index (χ3n) is 12.6. The molecule has 4 heterocycles. The average molecular weight is 736 g/mol. The summed E-state index contributed by atoms with van der Waals surface area (Å²) in [4.78, 5) is 2.46. The van der Waals surface area contributed by atoms with Crippen molar-refractivity contribution >= 4 is 83.8 Å². The first-order valence-corrected chi connectivity index (χ1v) is 20.1. The Morgan fingerprint density at radius 2 is 0.879 bits per heavy atom. The van der Waals surface area contributed by atoms with Crippen molar-refractivity contribution in [1.29, 1.82) is 0 Å². The molecule has 13 rings (SSSR count). The van der Waals surface area contributed by atoms with Crippen molar-refractivity contribution in [2.24, 2.45) is 0 Å². The predicted octanol–water partition coefficient (Wildman–Crippen LogP) is 11.8. The summed E-state index contributed by atoms with van der Waals surface area (Å²) < 4.78 is 5.07. The van der Waals surface area contributed by atoms with Crippen LogP contribution in [0.25, 0.3) is 77.2 Å². The predicted molar refractivity (Wildman–Crippen MR) is 245 cm³/mol. The van der Waals surface area contributed by atoms with Crippen LogP contribution in [0.15, 0.2) is 206 Å². The molecule has 0 fully saturated rings. The van der Waals surface area contributed by atoms with Gasteiger partial charge in [0, 0.05) is 55.5 Å². The molecule has 0 unspecified atom stereocenters. The lowest BCUT2D eigenvalue weighted by atomic mass is 9.34. The summed E-state index contributed by atoms with van der Waals surface area (Å²) in [5, 5.41) is 5.08. The molecule has 9 aromatic carbocycles. The number of benzene rings is 9. The van der Waals surface area contributed by atoms with Gasteiger partial charge in [0.2, 0.25) is 0 Å². The summed E-state index contributed by atoms with van der Waals surface area (Å²) in [6.07, 6.45) is 0. The molecule has 0 N–H and O–H groups in total. The van der Waals surface area contributed by atoms with Crippen LogP contribution < -0.4 is 21.3 Å². The molecule has 4 heteroatoms. The SMILES string of the molecule is c1ccc(-c2cc(-c3ccccc3)cc(-n3c4ccccc4c4cc5c6cccc7c6n(c5cc43)-c3cccc4c3B7c3ccccc3N4c3ccccc3)c2)cc1. The van der Waals surface area contributed by atoms with Crippen LogP contribution in [0.3, 0.4) is 0 Å². The Kier molecular flexibility index (Phi) is 6.53. The maximum atomic E-state index is 2.57. The monoisotopic (exact) mass is 735 g/mol. The van der Waals surface area contributed by atoms with Gasteiger partial charge in [-0.3, -0.25) is 0 Å². The molecule has 0 atom stereocenters. The van der Waals surface area contributed by atoms with Gasteiger partial charge in [-0.05, 0) is 105 Å². The number of nitrogens with zero attached hydrogens (tertiary/aromatic N) is 3. The molecule has 2 aliphatic heterocycles. The van der Waals surface area contributed by atoms with Gasteiger partial charge in [-0.2, -0.15) is 0 Å². The lowest BCUT2D eigenvalue weighted by molar-refractivity contribution is 1.16. The van der Waals surface area contributed by atoms with Gasteiger partial charge in [0.15, 0.2) is 0 Å². The molecule has 0 bridgehead atoms. The zero-order valence-electron chi connectivity index (χ0n) is 31.5. The Morgan fingerprint density at radius 1 is 0.310 bits per heavy atom. The van der Waals surface area contributed by atoms with Crippen molar-refractivity contribution in [3.63, 3.8) is 0 Å². The first-order valence-electron chi connectivity index (χ1n) is 20.1. The second-order valence-corrected chi connectivity index (χ2v) is 15.7. The van der Waals surface area contributed by atoms with Crippen LogP contribution in [0.1, 0.15) is 0 Å². The van der Waals surface area contributed by atoms with Crippen LogP contribution in [0, 0.1) is 0 Å². The van der Waals surface area contributed by atoms with Crippen LogP contribution in [0.5, 0.6) is 0 Å². The Balaban J connectivity index is 1.13. The zero-order valence-corrected chi connectivity index (χ0v) is 31.5. The minimum absolute atomic E-state index is 0.115. The van der Waals surface area contributed by atoms with Gasteiger partial charge in [-0.25, -0.2) is 0 Å². The standard InChI is InChI=1S/C54H34BN3/c1-4-16-35(17-5-1)37-30-38(36-18-6-2-7-19-36)32-40(31-37)57-47-26-12-10-22-41(47)43-33-44-42-23-14-25-46-54(42)58(52(44)34-51(43)57)50-29-15-28-49-53(50)55(46)45-24-11-13-27-48(45)56(49)39-20-8-3-9-21-39/h1-34H. The highest BCUT2D eigenvalue weighted by atomic mass is 15.2. The summed E-state index contributed by atoms with van der Waals surface area (Å²) in [5.41, 5.74) is 19.8. The summed E-state index contributed by atoms with van der Waals surface area (Å²) in [6, 6.07) is 76.1. The van der Waals surface area contributed by atoms with Crippen LogP contribution in [-0.4, -0.2) is 15.8 Å². The molecule has 3 nitrogen and oxygen atoms in total. The lowest BCUT2D eigenvalue weighted by Gasteiger charge is -2.40. The van der Waals surface area contributed by atoms with E-state index in [1.54, 1.807) is 0 Å². The molecule has 0 saturated carbocycles. The summed E-state index contributed by atoms with van der Waals surface area (Å²) in [5.74, 6) is 0. The highest BCUT2D eigenvalue weighted by Crippen LogP contribution is 2.44. The van der Waals surface area contributed by atoms with E-state index in [0.717, 1.165) is 5.69 Å². The van der Waals surface area contributed by atoms with Gasteiger partial charge in [0.25, 0.3) is 6.71 Å². The van der Waals surface area contributed by atoms with Crippen molar-refractivity contribution in [3.05, 3.63) is 206 Å². The van der Waals surface area contributed by atoms with Crippen molar-refractivity contribution in [2.45, 2.75) is 0 Å². The maximum absolute atomic E-state index is 2.57. The molecule has 0 radical (unpaired) electrons. The summed E-state index contributed by atoms with van der Waals surface area (Å²) in [7, 11) is 0. The molecule has 2 aromatic heterocycles. The summed E-state index contributed by atoms with van der Waals surface area (Å²) >= 11 is 0. The molecule has 268 valence electrons. The number of hydrogen-bond acceptors (Lipinski definition) is 1. The first kappa shape index (κ1) is 31.6. The van der Waals surface area contributed by atoms with Crippen molar-refractivity contribution in [3.8, 4) is 33.6 Å². The van der Waals surface area contributed by atoms with Crippen LogP contribution in [0.4, 0.5) is 17.1 Å². The van der Waals surface area contributed by atoms with Gasteiger partial charge in [-0.15, -0.1) is 0 Å². The normalized spacial score (nSPS) is 12.8. The van der Waals surface area contributed by atoms with Crippen molar-refractivity contribution < 1.29 is 0 Å². The summed E-state index contributed by atoms with van der Waals surface area (Å²) in [6.45, 7) is 0.115. The van der Waals surface area contributed by atoms with E-state index >= 15 is 0 Å². The molecular weight excluding hydrogens is 701 g/mol. The fourth-order valence-corrected chi connectivity index (χ4v) is 10.3. The first-order chi connectivity index (χ1) is 28.8. The van der Waals surface area contributed by atoms with E-state index in [0.29, 0.717) is 0 Å². The third kappa shape index (κ3) is 4.34. The number of fused-ring (bicyclic) bond motifs is 10. The van der Waals surface area contributed by atoms with Gasteiger partial charge in [0.1, 0.15) is 0 Å².